The molecule has 0 N–H and O–H groups in total. The molecule has 1 aromatic heterocycles. The summed E-state index contributed by atoms with van der Waals surface area (Å²) in [6, 6.07) is 41.3. The number of rotatable bonds is 2. The van der Waals surface area contributed by atoms with Crippen molar-refractivity contribution in [1.29, 1.82) is 0 Å². The van der Waals surface area contributed by atoms with Gasteiger partial charge in [0.1, 0.15) is 11.2 Å². The average molecular weight is 435 g/mol. The maximum absolute atomic E-state index is 6.27. The number of para-hydroxylation sites is 2. The second kappa shape index (κ2) is 7.33. The number of hydrogen-bond donors (Lipinski definition) is 0. The minimum absolute atomic E-state index is 0.930. The largest absolute Gasteiger partial charge is 0.455 e. The van der Waals surface area contributed by atoms with Crippen LogP contribution in [0.2, 0.25) is 0 Å². The minimum atomic E-state index is 0.930. The summed E-state index contributed by atoms with van der Waals surface area (Å²) in [5.74, 6) is 0. The van der Waals surface area contributed by atoms with Crippen LogP contribution in [0, 0.1) is 6.92 Å². The monoisotopic (exact) mass is 434 g/mol. The van der Waals surface area contributed by atoms with Gasteiger partial charge in [-0.15, -0.1) is 0 Å². The van der Waals surface area contributed by atoms with Crippen molar-refractivity contribution >= 4 is 43.5 Å². The third-order valence-electron chi connectivity index (χ3n) is 6.93. The van der Waals surface area contributed by atoms with Gasteiger partial charge in [0.25, 0.3) is 0 Å². The van der Waals surface area contributed by atoms with E-state index in [1.54, 1.807) is 0 Å². The molecule has 0 atom stereocenters. The Morgan fingerprint density at radius 1 is 0.471 bits per heavy atom. The summed E-state index contributed by atoms with van der Waals surface area (Å²) < 4.78 is 6.27. The van der Waals surface area contributed by atoms with Crippen LogP contribution in [0.3, 0.4) is 0 Å². The van der Waals surface area contributed by atoms with Crippen LogP contribution in [0.1, 0.15) is 5.56 Å². The number of aryl methyl sites for hydroxylation is 1. The molecule has 0 unspecified atom stereocenters. The van der Waals surface area contributed by atoms with E-state index in [2.05, 4.69) is 110 Å². The van der Waals surface area contributed by atoms with Gasteiger partial charge in [0, 0.05) is 16.3 Å². The second-order valence-electron chi connectivity index (χ2n) is 9.05. The Morgan fingerprint density at radius 3 is 1.97 bits per heavy atom. The lowest BCUT2D eigenvalue weighted by atomic mass is 9.91. The number of benzene rings is 6. The zero-order valence-corrected chi connectivity index (χ0v) is 18.9. The Labute approximate surface area is 197 Å². The van der Waals surface area contributed by atoms with Crippen LogP contribution in [0.25, 0.3) is 65.7 Å². The first kappa shape index (κ1) is 19.1. The van der Waals surface area contributed by atoms with Gasteiger partial charge in [-0.1, -0.05) is 109 Å². The van der Waals surface area contributed by atoms with Crippen molar-refractivity contribution in [2.75, 3.05) is 0 Å². The summed E-state index contributed by atoms with van der Waals surface area (Å²) in [7, 11) is 0. The van der Waals surface area contributed by atoms with Gasteiger partial charge in [0.15, 0.2) is 0 Å². The van der Waals surface area contributed by atoms with Gasteiger partial charge in [-0.05, 0) is 57.3 Å². The predicted molar refractivity (Wildman–Crippen MR) is 144 cm³/mol. The number of hydrogen-bond acceptors (Lipinski definition) is 1. The van der Waals surface area contributed by atoms with Gasteiger partial charge in [-0.25, -0.2) is 0 Å². The van der Waals surface area contributed by atoms with Crippen molar-refractivity contribution in [2.24, 2.45) is 0 Å². The summed E-state index contributed by atoms with van der Waals surface area (Å²) in [5, 5.41) is 7.49. The Morgan fingerprint density at radius 2 is 1.15 bits per heavy atom. The SMILES string of the molecule is Cc1ccc2cc(-c3ccc(-c4cccc5c4oc4ccccc45)cc3)c3ccccc3c2c1. The van der Waals surface area contributed by atoms with E-state index in [4.69, 9.17) is 4.42 Å². The van der Waals surface area contributed by atoms with Crippen LogP contribution in [0.4, 0.5) is 0 Å². The molecule has 0 aliphatic heterocycles. The Kier molecular flexibility index (Phi) is 4.13. The van der Waals surface area contributed by atoms with Gasteiger partial charge in [0.05, 0.1) is 0 Å². The van der Waals surface area contributed by atoms with E-state index in [1.165, 1.54) is 38.2 Å². The Hall–Kier alpha value is -4.36. The van der Waals surface area contributed by atoms with Crippen molar-refractivity contribution in [3.8, 4) is 22.3 Å². The van der Waals surface area contributed by atoms with E-state index in [0.29, 0.717) is 0 Å². The third-order valence-corrected chi connectivity index (χ3v) is 6.93. The van der Waals surface area contributed by atoms with Crippen molar-refractivity contribution in [3.05, 3.63) is 121 Å². The zero-order valence-electron chi connectivity index (χ0n) is 18.9. The van der Waals surface area contributed by atoms with E-state index >= 15 is 0 Å². The summed E-state index contributed by atoms with van der Waals surface area (Å²) >= 11 is 0. The summed E-state index contributed by atoms with van der Waals surface area (Å²) in [5.41, 5.74) is 7.94. The predicted octanol–water partition coefficient (Wildman–Crippen LogP) is 9.53. The molecule has 0 fully saturated rings. The van der Waals surface area contributed by atoms with Crippen LogP contribution < -0.4 is 0 Å². The van der Waals surface area contributed by atoms with Crippen LogP contribution >= 0.6 is 0 Å². The highest BCUT2D eigenvalue weighted by atomic mass is 16.3. The van der Waals surface area contributed by atoms with Crippen molar-refractivity contribution < 1.29 is 4.42 Å². The molecule has 0 saturated heterocycles. The molecule has 0 radical (unpaired) electrons. The third kappa shape index (κ3) is 2.87. The summed E-state index contributed by atoms with van der Waals surface area (Å²) in [6.07, 6.45) is 0. The average Bonchev–Trinajstić information content (AvgIpc) is 3.27. The molecular formula is C33H22O. The lowest BCUT2D eigenvalue weighted by Gasteiger charge is -2.12. The molecule has 6 aromatic carbocycles. The van der Waals surface area contributed by atoms with Crippen molar-refractivity contribution in [2.45, 2.75) is 6.92 Å². The van der Waals surface area contributed by atoms with E-state index in [-0.39, 0.29) is 0 Å². The summed E-state index contributed by atoms with van der Waals surface area (Å²) in [6.45, 7) is 2.16. The van der Waals surface area contributed by atoms with Gasteiger partial charge < -0.3 is 4.42 Å². The molecule has 0 aliphatic carbocycles. The minimum Gasteiger partial charge on any atom is -0.455 e. The lowest BCUT2D eigenvalue weighted by Crippen LogP contribution is -1.86. The Balaban J connectivity index is 1.40. The lowest BCUT2D eigenvalue weighted by molar-refractivity contribution is 0.670. The molecule has 1 heteroatoms. The highest BCUT2D eigenvalue weighted by Crippen LogP contribution is 2.38. The van der Waals surface area contributed by atoms with Gasteiger partial charge in [-0.3, -0.25) is 0 Å². The fourth-order valence-corrected chi connectivity index (χ4v) is 5.26. The van der Waals surface area contributed by atoms with Crippen LogP contribution in [-0.4, -0.2) is 0 Å². The van der Waals surface area contributed by atoms with Crippen molar-refractivity contribution in [1.82, 2.24) is 0 Å². The van der Waals surface area contributed by atoms with E-state index in [9.17, 15) is 0 Å². The van der Waals surface area contributed by atoms with Gasteiger partial charge in [0.2, 0.25) is 0 Å². The molecule has 160 valence electrons. The fraction of sp³-hybridized carbons (Fsp3) is 0.0303. The molecule has 0 aliphatic rings. The first-order chi connectivity index (χ1) is 16.8. The molecule has 0 spiro atoms. The molecule has 7 rings (SSSR count). The second-order valence-corrected chi connectivity index (χ2v) is 9.05. The number of fused-ring (bicyclic) bond motifs is 6. The zero-order chi connectivity index (χ0) is 22.6. The molecule has 0 amide bonds. The van der Waals surface area contributed by atoms with Crippen molar-refractivity contribution in [3.63, 3.8) is 0 Å². The topological polar surface area (TPSA) is 13.1 Å². The standard InChI is InChI=1S/C33H22O/c1-21-13-14-24-20-31(27-8-3-2-7-26(27)30(24)19-21)23-17-15-22(16-18-23)25-10-6-11-29-28-9-4-5-12-32(28)34-33(25)29/h2-20H,1H3. The molecule has 7 aromatic rings. The smallest absolute Gasteiger partial charge is 0.143 e. The molecular weight excluding hydrogens is 412 g/mol. The van der Waals surface area contributed by atoms with Gasteiger partial charge in [-0.2, -0.15) is 0 Å². The first-order valence-electron chi connectivity index (χ1n) is 11.7. The summed E-state index contributed by atoms with van der Waals surface area (Å²) in [4.78, 5) is 0. The quantitative estimate of drug-likeness (QED) is 0.247. The molecule has 0 bridgehead atoms. The maximum atomic E-state index is 6.27. The maximum Gasteiger partial charge on any atom is 0.143 e. The van der Waals surface area contributed by atoms with Crippen LogP contribution in [-0.2, 0) is 0 Å². The highest BCUT2D eigenvalue weighted by molar-refractivity contribution is 6.14. The van der Waals surface area contributed by atoms with E-state index < -0.39 is 0 Å². The molecule has 0 saturated carbocycles. The normalized spacial score (nSPS) is 11.7. The first-order valence-corrected chi connectivity index (χ1v) is 11.7. The van der Waals surface area contributed by atoms with E-state index in [0.717, 1.165) is 33.1 Å². The Bertz CT molecular complexity index is 1850. The number of furan rings is 1. The molecule has 34 heavy (non-hydrogen) atoms. The molecule has 1 nitrogen and oxygen atoms in total. The molecule has 1 heterocycles. The fourth-order valence-electron chi connectivity index (χ4n) is 5.26. The van der Waals surface area contributed by atoms with E-state index in [1.807, 2.05) is 12.1 Å². The van der Waals surface area contributed by atoms with Gasteiger partial charge >= 0.3 is 0 Å². The highest BCUT2D eigenvalue weighted by Gasteiger charge is 2.13. The van der Waals surface area contributed by atoms with Crippen LogP contribution in [0.15, 0.2) is 120 Å². The van der Waals surface area contributed by atoms with Crippen LogP contribution in [0.5, 0.6) is 0 Å².